The van der Waals surface area contributed by atoms with E-state index in [-0.39, 0.29) is 11.4 Å². The van der Waals surface area contributed by atoms with Gasteiger partial charge in [0.2, 0.25) is 0 Å². The normalized spacial score (nSPS) is 11.4. The number of halogens is 2. The number of rotatable bonds is 2. The summed E-state index contributed by atoms with van der Waals surface area (Å²) in [7, 11) is 0. The third-order valence-electron chi connectivity index (χ3n) is 2.03. The minimum Gasteiger partial charge on any atom is -0.384 e. The largest absolute Gasteiger partial charge is 0.384 e. The highest BCUT2D eigenvalue weighted by molar-refractivity contribution is 5.96. The highest BCUT2D eigenvalue weighted by Crippen LogP contribution is 2.28. The second-order valence-electron chi connectivity index (χ2n) is 3.33. The lowest BCUT2D eigenvalue weighted by Gasteiger charge is -2.13. The molecular weight excluding hydrogens is 186 g/mol. The molecule has 0 heterocycles. The van der Waals surface area contributed by atoms with Crippen molar-refractivity contribution in [2.45, 2.75) is 19.8 Å². The average molecular weight is 198 g/mol. The fourth-order valence-corrected chi connectivity index (χ4v) is 1.19. The number of benzene rings is 1. The first kappa shape index (κ1) is 10.6. The van der Waals surface area contributed by atoms with Gasteiger partial charge in [-0.2, -0.15) is 0 Å². The first-order chi connectivity index (χ1) is 6.32. The summed E-state index contributed by atoms with van der Waals surface area (Å²) in [4.78, 5) is 0. The molecule has 0 bridgehead atoms. The molecule has 3 N–H and O–H groups in total. The van der Waals surface area contributed by atoms with Gasteiger partial charge in [0, 0.05) is 18.1 Å². The topological polar surface area (TPSA) is 49.9 Å². The molecule has 4 heteroatoms. The summed E-state index contributed by atoms with van der Waals surface area (Å²) in [5.74, 6) is -3.08. The van der Waals surface area contributed by atoms with Gasteiger partial charge in [-0.05, 0) is 18.6 Å². The average Bonchev–Trinajstić information content (AvgIpc) is 2.02. The Morgan fingerprint density at radius 3 is 2.43 bits per heavy atom. The number of nitrogens with two attached hydrogens (primary N) is 1. The van der Waals surface area contributed by atoms with Crippen LogP contribution in [0.15, 0.2) is 18.2 Å². The van der Waals surface area contributed by atoms with Crippen molar-refractivity contribution in [1.82, 2.24) is 0 Å². The van der Waals surface area contributed by atoms with E-state index in [0.717, 1.165) is 12.5 Å². The van der Waals surface area contributed by atoms with E-state index in [0.29, 0.717) is 5.56 Å². The van der Waals surface area contributed by atoms with Crippen LogP contribution in [0.4, 0.5) is 8.78 Å². The molecule has 0 spiro atoms. The first-order valence-corrected chi connectivity index (χ1v) is 4.15. The van der Waals surface area contributed by atoms with E-state index in [4.69, 9.17) is 11.1 Å². The summed E-state index contributed by atoms with van der Waals surface area (Å²) in [5.41, 5.74) is 6.24. The lowest BCUT2D eigenvalue weighted by Crippen LogP contribution is -2.15. The molecular formula is C10H12F2N2. The molecule has 0 aromatic heterocycles. The predicted molar refractivity (Wildman–Crippen MR) is 51.8 cm³/mol. The van der Waals surface area contributed by atoms with Gasteiger partial charge >= 0.3 is 0 Å². The van der Waals surface area contributed by atoms with Crippen LogP contribution in [0.5, 0.6) is 0 Å². The van der Waals surface area contributed by atoms with E-state index in [9.17, 15) is 8.78 Å². The summed E-state index contributed by atoms with van der Waals surface area (Å²) < 4.78 is 25.8. The predicted octanol–water partition coefficient (Wildman–Crippen LogP) is 2.39. The van der Waals surface area contributed by atoms with Crippen molar-refractivity contribution < 1.29 is 8.78 Å². The van der Waals surface area contributed by atoms with Gasteiger partial charge in [-0.1, -0.05) is 12.1 Å². The number of hydrogen-bond donors (Lipinski definition) is 2. The number of nitrogen functional groups attached to an aromatic ring is 1. The van der Waals surface area contributed by atoms with Crippen LogP contribution < -0.4 is 5.73 Å². The quantitative estimate of drug-likeness (QED) is 0.556. The van der Waals surface area contributed by atoms with Crippen molar-refractivity contribution in [2.75, 3.05) is 0 Å². The van der Waals surface area contributed by atoms with E-state index in [1.54, 1.807) is 13.0 Å². The standard InChI is InChI=1S/C10H12F2N2/c1-6-3-4-7(10(2,11)12)5-8(6)9(13)14/h3-5H,1-2H3,(H3,13,14). The lowest BCUT2D eigenvalue weighted by molar-refractivity contribution is 0.0174. The zero-order valence-corrected chi connectivity index (χ0v) is 8.07. The van der Waals surface area contributed by atoms with Crippen LogP contribution in [0, 0.1) is 12.3 Å². The van der Waals surface area contributed by atoms with Crippen molar-refractivity contribution in [1.29, 1.82) is 5.41 Å². The molecule has 0 aliphatic carbocycles. The number of alkyl halides is 2. The van der Waals surface area contributed by atoms with Gasteiger partial charge in [0.15, 0.2) is 0 Å². The second-order valence-corrected chi connectivity index (χ2v) is 3.33. The highest BCUT2D eigenvalue weighted by atomic mass is 19.3. The molecule has 14 heavy (non-hydrogen) atoms. The second kappa shape index (κ2) is 3.36. The van der Waals surface area contributed by atoms with Crippen molar-refractivity contribution in [3.8, 4) is 0 Å². The Balaban J connectivity index is 3.27. The molecule has 0 aliphatic rings. The third kappa shape index (κ3) is 2.07. The van der Waals surface area contributed by atoms with Gasteiger partial charge in [-0.25, -0.2) is 8.78 Å². The molecule has 1 aromatic carbocycles. The Kier molecular flexibility index (Phi) is 2.55. The van der Waals surface area contributed by atoms with Gasteiger partial charge in [-0.3, -0.25) is 5.41 Å². The molecule has 0 atom stereocenters. The van der Waals surface area contributed by atoms with Crippen molar-refractivity contribution in [3.05, 3.63) is 34.9 Å². The lowest BCUT2D eigenvalue weighted by atomic mass is 10.0. The van der Waals surface area contributed by atoms with E-state index < -0.39 is 5.92 Å². The molecule has 2 nitrogen and oxygen atoms in total. The van der Waals surface area contributed by atoms with Crippen molar-refractivity contribution in [2.24, 2.45) is 5.73 Å². The van der Waals surface area contributed by atoms with Crippen LogP contribution in [0.1, 0.15) is 23.6 Å². The molecule has 0 fully saturated rings. The molecule has 76 valence electrons. The molecule has 0 aliphatic heterocycles. The smallest absolute Gasteiger partial charge is 0.270 e. The van der Waals surface area contributed by atoms with E-state index in [2.05, 4.69) is 0 Å². The zero-order chi connectivity index (χ0) is 10.9. The molecule has 1 aromatic rings. The van der Waals surface area contributed by atoms with E-state index >= 15 is 0 Å². The van der Waals surface area contributed by atoms with Crippen molar-refractivity contribution in [3.63, 3.8) is 0 Å². The van der Waals surface area contributed by atoms with Crippen LogP contribution in [-0.4, -0.2) is 5.84 Å². The summed E-state index contributed by atoms with van der Waals surface area (Å²) >= 11 is 0. The minimum atomic E-state index is -2.89. The minimum absolute atomic E-state index is 0.117. The number of aryl methyl sites for hydroxylation is 1. The Bertz CT molecular complexity index is 367. The highest BCUT2D eigenvalue weighted by Gasteiger charge is 2.24. The monoisotopic (exact) mass is 198 g/mol. The van der Waals surface area contributed by atoms with Gasteiger partial charge in [0.25, 0.3) is 5.92 Å². The zero-order valence-electron chi connectivity index (χ0n) is 8.07. The Morgan fingerprint density at radius 2 is 2.00 bits per heavy atom. The fourth-order valence-electron chi connectivity index (χ4n) is 1.19. The third-order valence-corrected chi connectivity index (χ3v) is 2.03. The summed E-state index contributed by atoms with van der Waals surface area (Å²) in [6, 6.07) is 4.16. The molecule has 0 unspecified atom stereocenters. The maximum atomic E-state index is 12.9. The molecule has 1 rings (SSSR count). The Hall–Kier alpha value is -1.45. The van der Waals surface area contributed by atoms with Crippen LogP contribution in [0.2, 0.25) is 0 Å². The van der Waals surface area contributed by atoms with E-state index in [1.807, 2.05) is 0 Å². The van der Waals surface area contributed by atoms with Crippen LogP contribution in [0.25, 0.3) is 0 Å². The SMILES string of the molecule is Cc1ccc(C(C)(F)F)cc1C(=N)N. The van der Waals surface area contributed by atoms with Crippen LogP contribution in [-0.2, 0) is 5.92 Å². The maximum Gasteiger partial charge on any atom is 0.270 e. The Labute approximate surface area is 81.2 Å². The first-order valence-electron chi connectivity index (χ1n) is 4.15. The summed E-state index contributed by atoms with van der Waals surface area (Å²) in [6.45, 7) is 2.55. The van der Waals surface area contributed by atoms with Gasteiger partial charge in [0.1, 0.15) is 5.84 Å². The Morgan fingerprint density at radius 1 is 1.43 bits per heavy atom. The molecule has 0 saturated carbocycles. The fraction of sp³-hybridized carbons (Fsp3) is 0.300. The van der Waals surface area contributed by atoms with Crippen LogP contribution in [0.3, 0.4) is 0 Å². The van der Waals surface area contributed by atoms with E-state index in [1.165, 1.54) is 12.1 Å². The molecule has 0 amide bonds. The summed E-state index contributed by atoms with van der Waals surface area (Å²) in [5, 5.41) is 7.21. The number of amidine groups is 1. The molecule has 0 radical (unpaired) electrons. The summed E-state index contributed by atoms with van der Waals surface area (Å²) in [6.07, 6.45) is 0. The van der Waals surface area contributed by atoms with Gasteiger partial charge in [-0.15, -0.1) is 0 Å². The van der Waals surface area contributed by atoms with Gasteiger partial charge < -0.3 is 5.73 Å². The number of nitrogens with one attached hydrogen (secondary N) is 1. The maximum absolute atomic E-state index is 12.9. The number of hydrogen-bond acceptors (Lipinski definition) is 1. The molecule has 0 saturated heterocycles. The van der Waals surface area contributed by atoms with Crippen molar-refractivity contribution >= 4 is 5.84 Å². The van der Waals surface area contributed by atoms with Gasteiger partial charge in [0.05, 0.1) is 0 Å². The van der Waals surface area contributed by atoms with Crippen LogP contribution >= 0.6 is 0 Å².